The van der Waals surface area contributed by atoms with Crippen LogP contribution in [0.1, 0.15) is 0 Å². The molecule has 0 unspecified atom stereocenters. The Labute approximate surface area is 115 Å². The van der Waals surface area contributed by atoms with Crippen LogP contribution in [0.4, 0.5) is 0 Å². The third kappa shape index (κ3) is 1.52. The lowest BCUT2D eigenvalue weighted by Gasteiger charge is -2.10. The molecule has 3 aromatic rings. The predicted molar refractivity (Wildman–Crippen MR) is 72.1 cm³/mol. The van der Waals surface area contributed by atoms with Gasteiger partial charge in [0.25, 0.3) is 0 Å². The maximum absolute atomic E-state index is 12.3. The summed E-state index contributed by atoms with van der Waals surface area (Å²) < 4.78 is 0. The largest absolute Gasteiger partial charge is 0.504 e. The van der Waals surface area contributed by atoms with Gasteiger partial charge in [0.2, 0.25) is 11.5 Å². The van der Waals surface area contributed by atoms with Crippen LogP contribution < -0.4 is 5.43 Å². The van der Waals surface area contributed by atoms with Crippen LogP contribution in [0.3, 0.4) is 0 Å². The molecule has 108 valence electrons. The Morgan fingerprint density at radius 1 is 0.667 bits per heavy atom. The zero-order valence-corrected chi connectivity index (χ0v) is 10.2. The van der Waals surface area contributed by atoms with Gasteiger partial charge in [-0.05, 0) is 12.1 Å². The zero-order valence-electron chi connectivity index (χ0n) is 10.2. The minimum Gasteiger partial charge on any atom is -0.504 e. The number of aromatic amines is 1. The van der Waals surface area contributed by atoms with Gasteiger partial charge in [-0.25, -0.2) is 0 Å². The van der Waals surface area contributed by atoms with Crippen LogP contribution in [0.2, 0.25) is 0 Å². The van der Waals surface area contributed by atoms with Gasteiger partial charge in [-0.2, -0.15) is 0 Å². The van der Waals surface area contributed by atoms with Gasteiger partial charge >= 0.3 is 0 Å². The Morgan fingerprint density at radius 3 is 1.43 bits per heavy atom. The Hall–Kier alpha value is -3.29. The maximum Gasteiger partial charge on any atom is 0.202 e. The number of pyridine rings is 1. The van der Waals surface area contributed by atoms with E-state index in [0.29, 0.717) is 0 Å². The number of phenolic OH excluding ortho intramolecular Hbond substituents is 6. The van der Waals surface area contributed by atoms with Gasteiger partial charge in [0.15, 0.2) is 28.4 Å². The number of benzene rings is 2. The molecule has 1 aromatic heterocycles. The van der Waals surface area contributed by atoms with E-state index >= 15 is 0 Å². The smallest absolute Gasteiger partial charge is 0.202 e. The average molecular weight is 291 g/mol. The molecule has 0 amide bonds. The molecule has 0 fully saturated rings. The summed E-state index contributed by atoms with van der Waals surface area (Å²) in [4.78, 5) is 14.8. The van der Waals surface area contributed by atoms with E-state index in [4.69, 9.17) is 0 Å². The summed E-state index contributed by atoms with van der Waals surface area (Å²) in [5.74, 6) is -4.62. The monoisotopic (exact) mass is 291 g/mol. The number of aromatic nitrogens is 1. The van der Waals surface area contributed by atoms with Crippen molar-refractivity contribution in [1.29, 1.82) is 0 Å². The fourth-order valence-corrected chi connectivity index (χ4v) is 2.17. The molecule has 0 spiro atoms. The maximum atomic E-state index is 12.3. The lowest BCUT2D eigenvalue weighted by Crippen LogP contribution is -2.04. The highest BCUT2D eigenvalue weighted by Gasteiger charge is 2.19. The van der Waals surface area contributed by atoms with Gasteiger partial charge in [0, 0.05) is 0 Å². The van der Waals surface area contributed by atoms with Crippen LogP contribution in [0.15, 0.2) is 16.9 Å². The quantitative estimate of drug-likeness (QED) is 0.240. The second kappa shape index (κ2) is 3.85. The number of phenols is 6. The highest BCUT2D eigenvalue weighted by Crippen LogP contribution is 2.43. The Balaban J connectivity index is 2.66. The molecule has 0 aliphatic heterocycles. The first kappa shape index (κ1) is 12.7. The summed E-state index contributed by atoms with van der Waals surface area (Å²) in [5, 5.41) is 57.0. The molecule has 0 bridgehead atoms. The van der Waals surface area contributed by atoms with Crippen molar-refractivity contribution in [1.82, 2.24) is 4.98 Å². The molecule has 0 aliphatic rings. The molecule has 8 heteroatoms. The van der Waals surface area contributed by atoms with Crippen molar-refractivity contribution in [2.75, 3.05) is 0 Å². The lowest BCUT2D eigenvalue weighted by atomic mass is 10.1. The van der Waals surface area contributed by atoms with E-state index in [2.05, 4.69) is 4.98 Å². The van der Waals surface area contributed by atoms with Crippen molar-refractivity contribution in [2.45, 2.75) is 0 Å². The highest BCUT2D eigenvalue weighted by molar-refractivity contribution is 6.00. The molecule has 0 aliphatic carbocycles. The number of hydrogen-bond acceptors (Lipinski definition) is 7. The second-order valence-corrected chi connectivity index (χ2v) is 4.49. The average Bonchev–Trinajstić information content (AvgIpc) is 2.45. The molecule has 21 heavy (non-hydrogen) atoms. The SMILES string of the molecule is O=c1c2cc(O)c(O)c(O)c2[nH]c2c(O)c(O)c(O)cc12. The molecule has 0 radical (unpaired) electrons. The lowest BCUT2D eigenvalue weighted by molar-refractivity contribution is 0.369. The van der Waals surface area contributed by atoms with Gasteiger partial charge in [0.05, 0.1) is 21.8 Å². The normalized spacial score (nSPS) is 11.2. The third-order valence-corrected chi connectivity index (χ3v) is 3.25. The topological polar surface area (TPSA) is 154 Å². The van der Waals surface area contributed by atoms with Crippen molar-refractivity contribution in [3.63, 3.8) is 0 Å². The van der Waals surface area contributed by atoms with E-state index in [1.807, 2.05) is 0 Å². The Kier molecular flexibility index (Phi) is 2.34. The summed E-state index contributed by atoms with van der Waals surface area (Å²) in [7, 11) is 0. The first-order valence-corrected chi connectivity index (χ1v) is 5.70. The van der Waals surface area contributed by atoms with Crippen LogP contribution in [0, 0.1) is 0 Å². The number of H-pyrrole nitrogens is 1. The molecule has 0 atom stereocenters. The summed E-state index contributed by atoms with van der Waals surface area (Å²) in [6.45, 7) is 0. The van der Waals surface area contributed by atoms with Gasteiger partial charge in [-0.1, -0.05) is 0 Å². The van der Waals surface area contributed by atoms with E-state index in [9.17, 15) is 35.4 Å². The van der Waals surface area contributed by atoms with Crippen molar-refractivity contribution >= 4 is 21.8 Å². The molecule has 0 saturated heterocycles. The molecule has 2 aromatic carbocycles. The molecular weight excluding hydrogens is 282 g/mol. The predicted octanol–water partition coefficient (Wildman–Crippen LogP) is 0.915. The fourth-order valence-electron chi connectivity index (χ4n) is 2.17. The van der Waals surface area contributed by atoms with E-state index in [1.165, 1.54) is 0 Å². The Morgan fingerprint density at radius 2 is 1.05 bits per heavy atom. The van der Waals surface area contributed by atoms with Crippen LogP contribution in [-0.4, -0.2) is 35.6 Å². The molecule has 0 saturated carbocycles. The van der Waals surface area contributed by atoms with E-state index in [-0.39, 0.29) is 21.8 Å². The summed E-state index contributed by atoms with van der Waals surface area (Å²) in [6.07, 6.45) is 0. The zero-order chi connectivity index (χ0) is 15.5. The fraction of sp³-hybridized carbons (Fsp3) is 0. The number of nitrogens with one attached hydrogen (secondary N) is 1. The summed E-state index contributed by atoms with van der Waals surface area (Å²) in [5.41, 5.74) is -1.19. The summed E-state index contributed by atoms with van der Waals surface area (Å²) in [6, 6.07) is 1.87. The van der Waals surface area contributed by atoms with Gasteiger partial charge in [-0.15, -0.1) is 0 Å². The first-order valence-electron chi connectivity index (χ1n) is 5.70. The number of aromatic hydroxyl groups is 6. The van der Waals surface area contributed by atoms with Gasteiger partial charge in [-0.3, -0.25) is 4.79 Å². The third-order valence-electron chi connectivity index (χ3n) is 3.25. The first-order chi connectivity index (χ1) is 9.82. The minimum atomic E-state index is -0.833. The van der Waals surface area contributed by atoms with Crippen LogP contribution in [-0.2, 0) is 0 Å². The van der Waals surface area contributed by atoms with Crippen LogP contribution >= 0.6 is 0 Å². The Bertz CT molecular complexity index is 899. The van der Waals surface area contributed by atoms with E-state index < -0.39 is 39.9 Å². The number of hydrogen-bond donors (Lipinski definition) is 7. The molecule has 3 rings (SSSR count). The number of rotatable bonds is 0. The van der Waals surface area contributed by atoms with Gasteiger partial charge < -0.3 is 35.6 Å². The second-order valence-electron chi connectivity index (χ2n) is 4.49. The van der Waals surface area contributed by atoms with Crippen LogP contribution in [0.25, 0.3) is 21.8 Å². The van der Waals surface area contributed by atoms with Crippen molar-refractivity contribution in [3.8, 4) is 34.5 Å². The highest BCUT2D eigenvalue weighted by atomic mass is 16.3. The van der Waals surface area contributed by atoms with Crippen molar-refractivity contribution < 1.29 is 30.6 Å². The van der Waals surface area contributed by atoms with E-state index in [1.54, 1.807) is 0 Å². The minimum absolute atomic E-state index is 0.167. The standard InChI is InChI=1S/C13H9NO7/c15-5-1-3-7(12(20)10(5)18)14-8-4(9(3)17)2-6(16)11(19)13(8)21/h1-2,15-16,18-21H,(H,14,17). The van der Waals surface area contributed by atoms with Crippen molar-refractivity contribution in [3.05, 3.63) is 22.4 Å². The van der Waals surface area contributed by atoms with E-state index in [0.717, 1.165) is 12.1 Å². The number of fused-ring (bicyclic) bond motifs is 2. The molecular formula is C13H9NO7. The molecule has 1 heterocycles. The van der Waals surface area contributed by atoms with Crippen molar-refractivity contribution in [2.24, 2.45) is 0 Å². The molecule has 7 N–H and O–H groups in total. The van der Waals surface area contributed by atoms with Crippen LogP contribution in [0.5, 0.6) is 34.5 Å². The summed E-state index contributed by atoms with van der Waals surface area (Å²) >= 11 is 0. The molecule has 8 nitrogen and oxygen atoms in total. The van der Waals surface area contributed by atoms with Gasteiger partial charge in [0.1, 0.15) is 0 Å².